The molecule has 2 N–H and O–H groups in total. The van der Waals surface area contributed by atoms with Gasteiger partial charge in [-0.2, -0.15) is 0 Å². The third-order valence-corrected chi connectivity index (χ3v) is 2.85. The van der Waals surface area contributed by atoms with Crippen molar-refractivity contribution in [2.45, 2.75) is 6.92 Å². The summed E-state index contributed by atoms with van der Waals surface area (Å²) in [6, 6.07) is 1.74. The summed E-state index contributed by atoms with van der Waals surface area (Å²) in [6.07, 6.45) is 0. The molecular formula is C8H10ClNOS. The van der Waals surface area contributed by atoms with Crippen molar-refractivity contribution in [3.63, 3.8) is 0 Å². The van der Waals surface area contributed by atoms with E-state index in [0.717, 1.165) is 0 Å². The van der Waals surface area contributed by atoms with Crippen molar-refractivity contribution in [2.24, 2.45) is 11.7 Å². The van der Waals surface area contributed by atoms with Crippen LogP contribution in [0, 0.1) is 5.92 Å². The van der Waals surface area contributed by atoms with E-state index in [4.69, 9.17) is 17.3 Å². The van der Waals surface area contributed by atoms with Crippen LogP contribution in [0.15, 0.2) is 11.4 Å². The molecule has 0 amide bonds. The van der Waals surface area contributed by atoms with Crippen LogP contribution in [-0.4, -0.2) is 12.3 Å². The van der Waals surface area contributed by atoms with E-state index in [1.807, 2.05) is 0 Å². The van der Waals surface area contributed by atoms with E-state index in [2.05, 4.69) is 0 Å². The second kappa shape index (κ2) is 4.03. The summed E-state index contributed by atoms with van der Waals surface area (Å²) in [6.45, 7) is 2.17. The van der Waals surface area contributed by atoms with Gasteiger partial charge in [0.15, 0.2) is 5.78 Å². The Labute approximate surface area is 80.3 Å². The second-order valence-corrected chi connectivity index (χ2v) is 4.13. The number of ketones is 1. The lowest BCUT2D eigenvalue weighted by Crippen LogP contribution is -2.20. The number of Topliss-reactive ketones (excluding diaryl/α,β-unsaturated/α-hetero) is 1. The minimum Gasteiger partial charge on any atom is -0.330 e. The highest BCUT2D eigenvalue weighted by molar-refractivity contribution is 7.14. The van der Waals surface area contributed by atoms with E-state index in [0.29, 0.717) is 16.4 Å². The number of nitrogens with two attached hydrogens (primary N) is 1. The molecule has 0 aliphatic rings. The van der Waals surface area contributed by atoms with Crippen LogP contribution in [0.25, 0.3) is 0 Å². The fraction of sp³-hybridized carbons (Fsp3) is 0.375. The Morgan fingerprint density at radius 2 is 2.50 bits per heavy atom. The van der Waals surface area contributed by atoms with Gasteiger partial charge in [-0.25, -0.2) is 0 Å². The first-order chi connectivity index (χ1) is 5.66. The standard InChI is InChI=1S/C8H10ClNOS/c1-5(4-10)7(11)6-2-3-12-8(6)9/h2-3,5H,4,10H2,1H3. The van der Waals surface area contributed by atoms with Gasteiger partial charge in [-0.1, -0.05) is 18.5 Å². The highest BCUT2D eigenvalue weighted by atomic mass is 35.5. The Morgan fingerprint density at radius 3 is 2.92 bits per heavy atom. The first-order valence-electron chi connectivity index (χ1n) is 3.64. The minimum atomic E-state index is -0.142. The molecule has 0 radical (unpaired) electrons. The van der Waals surface area contributed by atoms with Crippen LogP contribution in [0.2, 0.25) is 4.34 Å². The summed E-state index contributed by atoms with van der Waals surface area (Å²) in [5.41, 5.74) is 5.97. The summed E-state index contributed by atoms with van der Waals surface area (Å²) < 4.78 is 0.556. The van der Waals surface area contributed by atoms with E-state index in [1.165, 1.54) is 11.3 Å². The SMILES string of the molecule is CC(CN)C(=O)c1ccsc1Cl. The van der Waals surface area contributed by atoms with Crippen molar-refractivity contribution in [1.82, 2.24) is 0 Å². The predicted molar refractivity (Wildman–Crippen MR) is 51.9 cm³/mol. The maximum atomic E-state index is 11.5. The maximum Gasteiger partial charge on any atom is 0.169 e. The summed E-state index contributed by atoms with van der Waals surface area (Å²) in [4.78, 5) is 11.5. The van der Waals surface area contributed by atoms with Crippen molar-refractivity contribution < 1.29 is 4.79 Å². The Balaban J connectivity index is 2.85. The lowest BCUT2D eigenvalue weighted by Gasteiger charge is -2.04. The molecule has 0 aromatic carbocycles. The number of rotatable bonds is 3. The van der Waals surface area contributed by atoms with Gasteiger partial charge in [0.1, 0.15) is 4.34 Å². The topological polar surface area (TPSA) is 43.1 Å². The summed E-state index contributed by atoms with van der Waals surface area (Å²) in [7, 11) is 0. The monoisotopic (exact) mass is 203 g/mol. The fourth-order valence-electron chi connectivity index (χ4n) is 0.842. The quantitative estimate of drug-likeness (QED) is 0.766. The Hall–Kier alpha value is -0.380. The Morgan fingerprint density at radius 1 is 1.83 bits per heavy atom. The van der Waals surface area contributed by atoms with E-state index < -0.39 is 0 Å². The summed E-state index contributed by atoms with van der Waals surface area (Å²) in [5.74, 6) is -0.110. The molecule has 66 valence electrons. The van der Waals surface area contributed by atoms with Crippen molar-refractivity contribution in [3.05, 3.63) is 21.3 Å². The Bertz CT molecular complexity index is 284. The van der Waals surface area contributed by atoms with Gasteiger partial charge in [-0.3, -0.25) is 4.79 Å². The molecule has 0 fully saturated rings. The lowest BCUT2D eigenvalue weighted by atomic mass is 10.0. The zero-order valence-electron chi connectivity index (χ0n) is 6.71. The average Bonchev–Trinajstić information content (AvgIpc) is 2.48. The van der Waals surface area contributed by atoms with Gasteiger partial charge in [-0.15, -0.1) is 11.3 Å². The number of carbonyl (C=O) groups is 1. The van der Waals surface area contributed by atoms with Gasteiger partial charge < -0.3 is 5.73 Å². The first kappa shape index (κ1) is 9.71. The van der Waals surface area contributed by atoms with Gasteiger partial charge in [0, 0.05) is 18.0 Å². The number of carbonyl (C=O) groups excluding carboxylic acids is 1. The van der Waals surface area contributed by atoms with E-state index in [-0.39, 0.29) is 11.7 Å². The highest BCUT2D eigenvalue weighted by Gasteiger charge is 2.16. The molecule has 0 saturated carbocycles. The number of thiophene rings is 1. The van der Waals surface area contributed by atoms with Gasteiger partial charge in [0.2, 0.25) is 0 Å². The summed E-state index contributed by atoms with van der Waals surface area (Å²) in [5, 5.41) is 1.80. The molecule has 1 heterocycles. The first-order valence-corrected chi connectivity index (χ1v) is 4.90. The molecule has 1 aromatic rings. The third-order valence-electron chi connectivity index (χ3n) is 1.68. The van der Waals surface area contributed by atoms with Gasteiger partial charge in [0.25, 0.3) is 0 Å². The van der Waals surface area contributed by atoms with E-state index in [9.17, 15) is 4.79 Å². The van der Waals surface area contributed by atoms with E-state index >= 15 is 0 Å². The molecule has 0 bridgehead atoms. The number of halogens is 1. The molecule has 12 heavy (non-hydrogen) atoms. The van der Waals surface area contributed by atoms with Gasteiger partial charge >= 0.3 is 0 Å². The van der Waals surface area contributed by atoms with Crippen LogP contribution in [0.4, 0.5) is 0 Å². The lowest BCUT2D eigenvalue weighted by molar-refractivity contribution is 0.0935. The molecule has 1 atom stereocenters. The molecule has 1 unspecified atom stereocenters. The Kier molecular flexibility index (Phi) is 3.26. The highest BCUT2D eigenvalue weighted by Crippen LogP contribution is 2.24. The normalized spacial score (nSPS) is 12.9. The molecule has 0 spiro atoms. The van der Waals surface area contributed by atoms with Crippen LogP contribution >= 0.6 is 22.9 Å². The van der Waals surface area contributed by atoms with Crippen LogP contribution in [-0.2, 0) is 0 Å². The van der Waals surface area contributed by atoms with Crippen LogP contribution in [0.5, 0.6) is 0 Å². The zero-order chi connectivity index (χ0) is 9.14. The third kappa shape index (κ3) is 1.86. The van der Waals surface area contributed by atoms with Crippen LogP contribution in [0.1, 0.15) is 17.3 Å². The predicted octanol–water partition coefficient (Wildman–Crippen LogP) is 2.18. The number of hydrogen-bond donors (Lipinski definition) is 1. The van der Waals surface area contributed by atoms with Crippen molar-refractivity contribution in [1.29, 1.82) is 0 Å². The van der Waals surface area contributed by atoms with Crippen molar-refractivity contribution in [2.75, 3.05) is 6.54 Å². The fourth-order valence-corrected chi connectivity index (χ4v) is 1.77. The molecule has 1 aromatic heterocycles. The maximum absolute atomic E-state index is 11.5. The summed E-state index contributed by atoms with van der Waals surface area (Å²) >= 11 is 7.16. The second-order valence-electron chi connectivity index (χ2n) is 2.61. The average molecular weight is 204 g/mol. The van der Waals surface area contributed by atoms with E-state index in [1.54, 1.807) is 18.4 Å². The molecule has 2 nitrogen and oxygen atoms in total. The smallest absolute Gasteiger partial charge is 0.169 e. The molecule has 4 heteroatoms. The van der Waals surface area contributed by atoms with Crippen LogP contribution in [0.3, 0.4) is 0 Å². The zero-order valence-corrected chi connectivity index (χ0v) is 8.28. The van der Waals surface area contributed by atoms with Crippen molar-refractivity contribution in [3.8, 4) is 0 Å². The molecular weight excluding hydrogens is 194 g/mol. The molecule has 1 rings (SSSR count). The van der Waals surface area contributed by atoms with Gasteiger partial charge in [-0.05, 0) is 11.4 Å². The molecule has 0 saturated heterocycles. The number of hydrogen-bond acceptors (Lipinski definition) is 3. The van der Waals surface area contributed by atoms with Gasteiger partial charge in [0.05, 0.1) is 0 Å². The van der Waals surface area contributed by atoms with Crippen LogP contribution < -0.4 is 5.73 Å². The van der Waals surface area contributed by atoms with Crippen molar-refractivity contribution >= 4 is 28.7 Å². The molecule has 0 aliphatic carbocycles. The largest absolute Gasteiger partial charge is 0.330 e. The molecule has 0 aliphatic heterocycles. The minimum absolute atomic E-state index is 0.0313.